The molecule has 2 aromatic rings. The number of piperidine rings is 1. The number of nitrogens with one attached hydrogen (secondary N) is 2. The van der Waals surface area contributed by atoms with E-state index < -0.39 is 0 Å². The summed E-state index contributed by atoms with van der Waals surface area (Å²) in [4.78, 5) is 14.0. The van der Waals surface area contributed by atoms with Gasteiger partial charge in [0.1, 0.15) is 6.54 Å². The normalized spacial score (nSPS) is 20.2. The third-order valence-electron chi connectivity index (χ3n) is 5.05. The number of rotatable bonds is 5. The zero-order valence-corrected chi connectivity index (χ0v) is 15.5. The van der Waals surface area contributed by atoms with E-state index in [0.717, 1.165) is 38.0 Å². The van der Waals surface area contributed by atoms with E-state index in [9.17, 15) is 4.79 Å². The number of quaternary nitrogens is 1. The minimum absolute atomic E-state index is 0.129. The molecule has 1 saturated heterocycles. The fourth-order valence-electron chi connectivity index (χ4n) is 3.43. The molecule has 0 aliphatic carbocycles. The second kappa shape index (κ2) is 8.50. The largest absolute Gasteiger partial charge is 0.352 e. The SMILES string of the molecule is Cc1ccc(C[NH+]2CCC(C(=O)NCc3ccccc3Cl)CC2)cc1. The predicted octanol–water partition coefficient (Wildman–Crippen LogP) is 2.76. The topological polar surface area (TPSA) is 33.5 Å². The van der Waals surface area contributed by atoms with Crippen LogP contribution in [0.15, 0.2) is 48.5 Å². The van der Waals surface area contributed by atoms with Crippen LogP contribution in [0.4, 0.5) is 0 Å². The number of carbonyl (C=O) groups is 1. The lowest BCUT2D eigenvalue weighted by Gasteiger charge is -2.28. The van der Waals surface area contributed by atoms with Gasteiger partial charge in [-0.05, 0) is 18.6 Å². The van der Waals surface area contributed by atoms with Gasteiger partial charge in [-0.25, -0.2) is 0 Å². The first-order valence-corrected chi connectivity index (χ1v) is 9.40. The highest BCUT2D eigenvalue weighted by molar-refractivity contribution is 6.31. The summed E-state index contributed by atoms with van der Waals surface area (Å²) in [6.45, 7) is 5.78. The van der Waals surface area contributed by atoms with Gasteiger partial charge in [0.05, 0.1) is 13.1 Å². The standard InChI is InChI=1S/C21H25ClN2O/c1-16-6-8-17(9-7-16)15-24-12-10-18(11-13-24)21(25)23-14-19-4-2-3-5-20(19)22/h2-9,18H,10-15H2,1H3,(H,23,25)/p+1. The van der Waals surface area contributed by atoms with Crippen molar-refractivity contribution >= 4 is 17.5 Å². The molecule has 1 amide bonds. The molecule has 0 aromatic heterocycles. The van der Waals surface area contributed by atoms with E-state index in [1.807, 2.05) is 24.3 Å². The minimum atomic E-state index is 0.129. The number of benzene rings is 2. The Morgan fingerprint density at radius 1 is 1.12 bits per heavy atom. The number of hydrogen-bond donors (Lipinski definition) is 2. The smallest absolute Gasteiger partial charge is 0.223 e. The van der Waals surface area contributed by atoms with Gasteiger partial charge in [0.2, 0.25) is 5.91 Å². The van der Waals surface area contributed by atoms with Crippen LogP contribution in [0.2, 0.25) is 5.02 Å². The summed E-state index contributed by atoms with van der Waals surface area (Å²) >= 11 is 6.14. The predicted molar refractivity (Wildman–Crippen MR) is 102 cm³/mol. The van der Waals surface area contributed by atoms with Crippen molar-refractivity contribution in [2.75, 3.05) is 13.1 Å². The maximum absolute atomic E-state index is 12.4. The van der Waals surface area contributed by atoms with E-state index in [4.69, 9.17) is 11.6 Å². The number of aryl methyl sites for hydroxylation is 1. The van der Waals surface area contributed by atoms with Crippen molar-refractivity contribution in [2.45, 2.75) is 32.9 Å². The van der Waals surface area contributed by atoms with Gasteiger partial charge in [0.15, 0.2) is 0 Å². The number of amides is 1. The van der Waals surface area contributed by atoms with Crippen LogP contribution in [0.3, 0.4) is 0 Å². The summed E-state index contributed by atoms with van der Waals surface area (Å²) in [5, 5.41) is 3.76. The number of hydrogen-bond acceptors (Lipinski definition) is 1. The Hall–Kier alpha value is -1.84. The van der Waals surface area contributed by atoms with Crippen molar-refractivity contribution in [2.24, 2.45) is 5.92 Å². The van der Waals surface area contributed by atoms with E-state index in [0.29, 0.717) is 11.6 Å². The molecule has 132 valence electrons. The van der Waals surface area contributed by atoms with Crippen molar-refractivity contribution in [3.8, 4) is 0 Å². The molecule has 1 aliphatic heterocycles. The maximum atomic E-state index is 12.4. The Bertz CT molecular complexity index is 706. The quantitative estimate of drug-likeness (QED) is 0.847. The second-order valence-electron chi connectivity index (χ2n) is 7.00. The Morgan fingerprint density at radius 3 is 2.48 bits per heavy atom. The van der Waals surface area contributed by atoms with Crippen molar-refractivity contribution in [1.29, 1.82) is 0 Å². The molecule has 0 spiro atoms. The van der Waals surface area contributed by atoms with E-state index in [-0.39, 0.29) is 11.8 Å². The molecule has 0 atom stereocenters. The third-order valence-corrected chi connectivity index (χ3v) is 5.42. The van der Waals surface area contributed by atoms with Gasteiger partial charge in [-0.15, -0.1) is 0 Å². The Labute approximate surface area is 155 Å². The van der Waals surface area contributed by atoms with Crippen molar-refractivity contribution in [1.82, 2.24) is 5.32 Å². The first-order chi connectivity index (χ1) is 12.1. The summed E-state index contributed by atoms with van der Waals surface area (Å²) in [5.74, 6) is 0.290. The van der Waals surface area contributed by atoms with Crippen LogP contribution in [0.1, 0.15) is 29.5 Å². The Morgan fingerprint density at radius 2 is 1.80 bits per heavy atom. The first-order valence-electron chi connectivity index (χ1n) is 9.02. The summed E-state index contributed by atoms with van der Waals surface area (Å²) in [7, 11) is 0. The van der Waals surface area contributed by atoms with Crippen LogP contribution < -0.4 is 10.2 Å². The van der Waals surface area contributed by atoms with Crippen LogP contribution in [0.25, 0.3) is 0 Å². The highest BCUT2D eigenvalue weighted by atomic mass is 35.5. The number of halogens is 1. The molecule has 0 saturated carbocycles. The van der Waals surface area contributed by atoms with E-state index in [1.54, 1.807) is 4.90 Å². The van der Waals surface area contributed by atoms with Gasteiger partial charge >= 0.3 is 0 Å². The average Bonchev–Trinajstić information content (AvgIpc) is 2.63. The zero-order chi connectivity index (χ0) is 17.6. The summed E-state index contributed by atoms with van der Waals surface area (Å²) in [6.07, 6.45) is 1.91. The van der Waals surface area contributed by atoms with Gasteiger partial charge in [0.25, 0.3) is 0 Å². The highest BCUT2D eigenvalue weighted by Crippen LogP contribution is 2.15. The lowest BCUT2D eigenvalue weighted by atomic mass is 9.95. The summed E-state index contributed by atoms with van der Waals surface area (Å²) in [5.41, 5.74) is 3.65. The molecular formula is C21H26ClN2O+. The van der Waals surface area contributed by atoms with E-state index in [2.05, 4.69) is 36.5 Å². The average molecular weight is 358 g/mol. The minimum Gasteiger partial charge on any atom is -0.352 e. The lowest BCUT2D eigenvalue weighted by Crippen LogP contribution is -3.11. The summed E-state index contributed by atoms with van der Waals surface area (Å²) in [6, 6.07) is 16.4. The van der Waals surface area contributed by atoms with Crippen LogP contribution in [-0.4, -0.2) is 19.0 Å². The van der Waals surface area contributed by atoms with Crippen molar-refractivity contribution < 1.29 is 9.69 Å². The van der Waals surface area contributed by atoms with E-state index >= 15 is 0 Å². The van der Waals surface area contributed by atoms with Gasteiger partial charge in [0, 0.05) is 35.9 Å². The monoisotopic (exact) mass is 357 g/mol. The van der Waals surface area contributed by atoms with Gasteiger partial charge in [-0.2, -0.15) is 0 Å². The molecule has 2 aromatic carbocycles. The van der Waals surface area contributed by atoms with Crippen LogP contribution >= 0.6 is 11.6 Å². The molecule has 2 N–H and O–H groups in total. The van der Waals surface area contributed by atoms with Crippen LogP contribution in [0, 0.1) is 12.8 Å². The summed E-state index contributed by atoms with van der Waals surface area (Å²) < 4.78 is 0. The number of carbonyl (C=O) groups excluding carboxylic acids is 1. The molecule has 1 fully saturated rings. The lowest BCUT2D eigenvalue weighted by molar-refractivity contribution is -0.919. The molecule has 1 aliphatic rings. The van der Waals surface area contributed by atoms with Gasteiger partial charge in [-0.3, -0.25) is 4.79 Å². The van der Waals surface area contributed by atoms with Crippen molar-refractivity contribution in [3.63, 3.8) is 0 Å². The number of likely N-dealkylation sites (tertiary alicyclic amines) is 1. The fraction of sp³-hybridized carbons (Fsp3) is 0.381. The molecule has 0 radical (unpaired) electrons. The van der Waals surface area contributed by atoms with E-state index in [1.165, 1.54) is 11.1 Å². The first kappa shape index (κ1) is 18.0. The van der Waals surface area contributed by atoms with Gasteiger partial charge in [-0.1, -0.05) is 59.6 Å². The molecule has 4 heteroatoms. The Balaban J connectivity index is 1.44. The van der Waals surface area contributed by atoms with Crippen LogP contribution in [-0.2, 0) is 17.9 Å². The molecule has 3 nitrogen and oxygen atoms in total. The van der Waals surface area contributed by atoms with Crippen LogP contribution in [0.5, 0.6) is 0 Å². The zero-order valence-electron chi connectivity index (χ0n) is 14.7. The molecule has 0 unspecified atom stereocenters. The molecule has 25 heavy (non-hydrogen) atoms. The third kappa shape index (κ3) is 5.07. The second-order valence-corrected chi connectivity index (χ2v) is 7.40. The molecule has 3 rings (SSSR count). The molecule has 1 heterocycles. The highest BCUT2D eigenvalue weighted by Gasteiger charge is 2.27. The van der Waals surface area contributed by atoms with Crippen molar-refractivity contribution in [3.05, 3.63) is 70.2 Å². The molecular weight excluding hydrogens is 332 g/mol. The Kier molecular flexibility index (Phi) is 6.11. The fourth-order valence-corrected chi connectivity index (χ4v) is 3.63. The molecule has 0 bridgehead atoms. The maximum Gasteiger partial charge on any atom is 0.223 e. The van der Waals surface area contributed by atoms with Gasteiger partial charge < -0.3 is 10.2 Å².